The molecule has 1 heterocycles. The van der Waals surface area contributed by atoms with E-state index in [0.717, 1.165) is 16.5 Å². The molecule has 0 bridgehead atoms. The van der Waals surface area contributed by atoms with Gasteiger partial charge >= 0.3 is 0 Å². The molecule has 0 aliphatic heterocycles. The average molecular weight is 243 g/mol. The van der Waals surface area contributed by atoms with Crippen LogP contribution < -0.4 is 10.6 Å². The van der Waals surface area contributed by atoms with Gasteiger partial charge in [-0.05, 0) is 12.1 Å². The van der Waals surface area contributed by atoms with Crippen molar-refractivity contribution in [2.45, 2.75) is 19.9 Å². The van der Waals surface area contributed by atoms with Crippen LogP contribution in [0.3, 0.4) is 0 Å². The molecule has 0 aliphatic carbocycles. The van der Waals surface area contributed by atoms with Crippen LogP contribution in [0.15, 0.2) is 36.7 Å². The Labute approximate surface area is 106 Å². The molecule has 2 aromatic rings. The van der Waals surface area contributed by atoms with Crippen molar-refractivity contribution in [3.8, 4) is 0 Å². The van der Waals surface area contributed by atoms with Gasteiger partial charge < -0.3 is 10.6 Å². The minimum atomic E-state index is -0.0342. The van der Waals surface area contributed by atoms with E-state index in [4.69, 9.17) is 0 Å². The molecule has 0 saturated heterocycles. The van der Waals surface area contributed by atoms with Gasteiger partial charge in [-0.1, -0.05) is 26.0 Å². The van der Waals surface area contributed by atoms with Crippen molar-refractivity contribution in [2.24, 2.45) is 0 Å². The zero-order valence-corrected chi connectivity index (χ0v) is 10.6. The van der Waals surface area contributed by atoms with Crippen molar-refractivity contribution >= 4 is 22.4 Å². The first-order valence-electron chi connectivity index (χ1n) is 6.03. The van der Waals surface area contributed by atoms with E-state index in [1.807, 2.05) is 38.1 Å². The fourth-order valence-corrected chi connectivity index (χ4v) is 1.72. The van der Waals surface area contributed by atoms with Crippen molar-refractivity contribution in [3.63, 3.8) is 0 Å². The monoisotopic (exact) mass is 243 g/mol. The van der Waals surface area contributed by atoms with Gasteiger partial charge in [0.25, 0.3) is 0 Å². The van der Waals surface area contributed by atoms with Crippen molar-refractivity contribution in [1.29, 1.82) is 0 Å². The third-order valence-electron chi connectivity index (χ3n) is 2.63. The van der Waals surface area contributed by atoms with Gasteiger partial charge in [-0.25, -0.2) is 0 Å². The lowest BCUT2D eigenvalue weighted by Crippen LogP contribution is -2.32. The summed E-state index contributed by atoms with van der Waals surface area (Å²) in [7, 11) is 0. The van der Waals surface area contributed by atoms with Crippen LogP contribution in [0.25, 0.3) is 10.8 Å². The lowest BCUT2D eigenvalue weighted by Gasteiger charge is -2.10. The summed E-state index contributed by atoms with van der Waals surface area (Å²) >= 11 is 0. The molecule has 0 radical (unpaired) electrons. The van der Waals surface area contributed by atoms with Crippen molar-refractivity contribution in [2.75, 3.05) is 11.9 Å². The number of pyridine rings is 1. The highest BCUT2D eigenvalue weighted by atomic mass is 16.1. The standard InChI is InChI=1S/C14H17N3O/c1-10(2)16-9-14(18)17-13-5-3-4-11-8-15-7-6-12(11)13/h3-8,10,16H,9H2,1-2H3,(H,17,18). The lowest BCUT2D eigenvalue weighted by molar-refractivity contribution is -0.115. The Bertz CT molecular complexity index is 546. The summed E-state index contributed by atoms with van der Waals surface area (Å²) in [4.78, 5) is 15.8. The maximum Gasteiger partial charge on any atom is 0.238 e. The summed E-state index contributed by atoms with van der Waals surface area (Å²) in [5.41, 5.74) is 0.824. The highest BCUT2D eigenvalue weighted by Crippen LogP contribution is 2.21. The van der Waals surface area contributed by atoms with Gasteiger partial charge in [-0.3, -0.25) is 9.78 Å². The van der Waals surface area contributed by atoms with Gasteiger partial charge in [-0.15, -0.1) is 0 Å². The van der Waals surface area contributed by atoms with E-state index in [0.29, 0.717) is 12.6 Å². The van der Waals surface area contributed by atoms with Gasteiger partial charge in [0.1, 0.15) is 0 Å². The summed E-state index contributed by atoms with van der Waals surface area (Å²) in [5.74, 6) is -0.0342. The molecule has 0 unspecified atom stereocenters. The van der Waals surface area contributed by atoms with Crippen LogP contribution in [0.1, 0.15) is 13.8 Å². The normalized spacial score (nSPS) is 10.8. The van der Waals surface area contributed by atoms with Gasteiger partial charge in [0.05, 0.1) is 6.54 Å². The number of hydrogen-bond acceptors (Lipinski definition) is 3. The van der Waals surface area contributed by atoms with E-state index in [1.54, 1.807) is 12.4 Å². The summed E-state index contributed by atoms with van der Waals surface area (Å²) in [6.07, 6.45) is 3.52. The Morgan fingerprint density at radius 3 is 2.94 bits per heavy atom. The number of amides is 1. The first-order chi connectivity index (χ1) is 8.66. The molecule has 0 fully saturated rings. The van der Waals surface area contributed by atoms with Crippen molar-refractivity contribution in [3.05, 3.63) is 36.7 Å². The smallest absolute Gasteiger partial charge is 0.238 e. The van der Waals surface area contributed by atoms with E-state index >= 15 is 0 Å². The minimum absolute atomic E-state index is 0.0342. The summed E-state index contributed by atoms with van der Waals surface area (Å²) < 4.78 is 0. The Hall–Kier alpha value is -1.94. The Morgan fingerprint density at radius 2 is 2.17 bits per heavy atom. The first kappa shape index (κ1) is 12.5. The number of rotatable bonds is 4. The van der Waals surface area contributed by atoms with Crippen molar-refractivity contribution < 1.29 is 4.79 Å². The van der Waals surface area contributed by atoms with Crippen LogP contribution in [-0.2, 0) is 4.79 Å². The second-order valence-electron chi connectivity index (χ2n) is 4.49. The molecule has 0 spiro atoms. The molecule has 1 aromatic carbocycles. The molecule has 0 saturated carbocycles. The SMILES string of the molecule is CC(C)NCC(=O)Nc1cccc2cnccc12. The van der Waals surface area contributed by atoms with Gasteiger partial charge in [0, 0.05) is 34.9 Å². The van der Waals surface area contributed by atoms with Crippen LogP contribution in [0, 0.1) is 0 Å². The average Bonchev–Trinajstić information content (AvgIpc) is 2.37. The molecule has 1 amide bonds. The highest BCUT2D eigenvalue weighted by Gasteiger charge is 2.05. The number of hydrogen-bond donors (Lipinski definition) is 2. The third-order valence-corrected chi connectivity index (χ3v) is 2.63. The van der Waals surface area contributed by atoms with E-state index < -0.39 is 0 Å². The lowest BCUT2D eigenvalue weighted by atomic mass is 10.1. The fraction of sp³-hybridized carbons (Fsp3) is 0.286. The van der Waals surface area contributed by atoms with Gasteiger partial charge in [0.2, 0.25) is 5.91 Å². The van der Waals surface area contributed by atoms with Gasteiger partial charge in [0.15, 0.2) is 0 Å². The van der Waals surface area contributed by atoms with Crippen molar-refractivity contribution in [1.82, 2.24) is 10.3 Å². The number of benzene rings is 1. The summed E-state index contributed by atoms with van der Waals surface area (Å²) in [5, 5.41) is 8.03. The number of aromatic nitrogens is 1. The highest BCUT2D eigenvalue weighted by molar-refractivity contribution is 6.02. The second-order valence-corrected chi connectivity index (χ2v) is 4.49. The number of carbonyl (C=O) groups is 1. The van der Waals surface area contributed by atoms with E-state index in [1.165, 1.54) is 0 Å². The Morgan fingerprint density at radius 1 is 1.33 bits per heavy atom. The van der Waals surface area contributed by atoms with Crippen LogP contribution in [0.2, 0.25) is 0 Å². The largest absolute Gasteiger partial charge is 0.324 e. The maximum absolute atomic E-state index is 11.8. The minimum Gasteiger partial charge on any atom is -0.324 e. The Kier molecular flexibility index (Phi) is 3.89. The molecular formula is C14H17N3O. The van der Waals surface area contributed by atoms with Crippen LogP contribution in [0.4, 0.5) is 5.69 Å². The zero-order valence-electron chi connectivity index (χ0n) is 10.6. The zero-order chi connectivity index (χ0) is 13.0. The summed E-state index contributed by atoms with van der Waals surface area (Å²) in [6.45, 7) is 4.34. The third kappa shape index (κ3) is 3.05. The predicted molar refractivity (Wildman–Crippen MR) is 73.5 cm³/mol. The number of fused-ring (bicyclic) bond motifs is 1. The summed E-state index contributed by atoms with van der Waals surface area (Å²) in [6, 6.07) is 7.99. The molecule has 2 N–H and O–H groups in total. The number of nitrogens with one attached hydrogen (secondary N) is 2. The maximum atomic E-state index is 11.8. The second kappa shape index (κ2) is 5.60. The molecule has 4 nitrogen and oxygen atoms in total. The first-order valence-corrected chi connectivity index (χ1v) is 6.03. The van der Waals surface area contributed by atoms with Crippen LogP contribution in [-0.4, -0.2) is 23.5 Å². The number of carbonyl (C=O) groups excluding carboxylic acids is 1. The number of nitrogens with zero attached hydrogens (tertiary/aromatic N) is 1. The van der Waals surface area contributed by atoms with E-state index in [2.05, 4.69) is 15.6 Å². The topological polar surface area (TPSA) is 54.0 Å². The quantitative estimate of drug-likeness (QED) is 0.865. The van der Waals surface area contributed by atoms with E-state index in [-0.39, 0.29) is 5.91 Å². The molecule has 18 heavy (non-hydrogen) atoms. The predicted octanol–water partition coefficient (Wildman–Crippen LogP) is 2.17. The molecule has 1 aromatic heterocycles. The molecule has 2 rings (SSSR count). The van der Waals surface area contributed by atoms with Crippen LogP contribution >= 0.6 is 0 Å². The van der Waals surface area contributed by atoms with E-state index in [9.17, 15) is 4.79 Å². The Balaban J connectivity index is 2.14. The fourth-order valence-electron chi connectivity index (χ4n) is 1.72. The molecule has 0 aliphatic rings. The molecule has 4 heteroatoms. The van der Waals surface area contributed by atoms with Gasteiger partial charge in [-0.2, -0.15) is 0 Å². The number of anilines is 1. The molecule has 0 atom stereocenters. The van der Waals surface area contributed by atoms with Crippen LogP contribution in [0.5, 0.6) is 0 Å². The molecular weight excluding hydrogens is 226 g/mol. The molecule has 94 valence electrons.